The van der Waals surface area contributed by atoms with Crippen LogP contribution < -0.4 is 0 Å². The third kappa shape index (κ3) is 5.27. The molecule has 0 aromatic rings. The van der Waals surface area contributed by atoms with Gasteiger partial charge in [0.2, 0.25) is 0 Å². The first kappa shape index (κ1) is 25.0. The highest BCUT2D eigenvalue weighted by atomic mass is 19.4. The number of alkyl halides is 14. The molecule has 0 saturated heterocycles. The Balaban J connectivity index is 4.46. The quantitative estimate of drug-likeness (QED) is 0.278. The van der Waals surface area contributed by atoms with E-state index in [-0.39, 0.29) is 0 Å². The van der Waals surface area contributed by atoms with Crippen LogP contribution in [-0.2, 0) is 0 Å². The Labute approximate surface area is 137 Å². The van der Waals surface area contributed by atoms with Gasteiger partial charge >= 0.3 is 36.0 Å². The van der Waals surface area contributed by atoms with E-state index in [1.54, 1.807) is 0 Å². The molecule has 0 aromatic heterocycles. The van der Waals surface area contributed by atoms with Crippen molar-refractivity contribution in [3.8, 4) is 0 Å². The van der Waals surface area contributed by atoms with Crippen molar-refractivity contribution in [2.45, 2.75) is 74.6 Å². The molecule has 0 aliphatic heterocycles. The van der Waals surface area contributed by atoms with Crippen molar-refractivity contribution < 1.29 is 61.5 Å². The van der Waals surface area contributed by atoms with Crippen LogP contribution in [0.5, 0.6) is 0 Å². The second-order valence-corrected chi connectivity index (χ2v) is 5.47. The van der Waals surface area contributed by atoms with Crippen LogP contribution in [0.4, 0.5) is 61.5 Å². The lowest BCUT2D eigenvalue weighted by molar-refractivity contribution is -0.356. The fourth-order valence-electron chi connectivity index (χ4n) is 1.78. The van der Waals surface area contributed by atoms with Gasteiger partial charge in [0, 0.05) is 12.8 Å². The summed E-state index contributed by atoms with van der Waals surface area (Å²) in [5, 5.41) is 0. The molecule has 26 heavy (non-hydrogen) atoms. The van der Waals surface area contributed by atoms with E-state index in [0.29, 0.717) is 0 Å². The minimum Gasteiger partial charge on any atom is -0.200 e. The summed E-state index contributed by atoms with van der Waals surface area (Å²) >= 11 is 0. The molecule has 0 aromatic carbocycles. The van der Waals surface area contributed by atoms with Crippen molar-refractivity contribution in [1.82, 2.24) is 0 Å². The number of rotatable bonds is 9. The predicted octanol–water partition coefficient (Wildman–Crippen LogP) is 6.99. The lowest BCUT2D eigenvalue weighted by Crippen LogP contribution is -2.51. The number of hydrogen-bond acceptors (Lipinski definition) is 0. The maximum Gasteiger partial charge on any atom is 0.459 e. The number of halogens is 14. The van der Waals surface area contributed by atoms with E-state index in [0.717, 1.165) is 0 Å². The summed E-state index contributed by atoms with van der Waals surface area (Å²) in [7, 11) is 0. The van der Waals surface area contributed by atoms with Crippen LogP contribution in [0.3, 0.4) is 0 Å². The molecule has 0 saturated carbocycles. The Bertz CT molecular complexity index is 402. The van der Waals surface area contributed by atoms with Gasteiger partial charge in [-0.05, 0) is 12.8 Å². The van der Waals surface area contributed by atoms with Gasteiger partial charge in [-0.1, -0.05) is 12.8 Å². The van der Waals surface area contributed by atoms with Gasteiger partial charge in [0.1, 0.15) is 0 Å². The Hall–Kier alpha value is -0.980. The normalized spacial score (nSPS) is 15.5. The molecule has 0 atom stereocenters. The van der Waals surface area contributed by atoms with Gasteiger partial charge in [0.15, 0.2) is 0 Å². The highest BCUT2D eigenvalue weighted by molar-refractivity contribution is 4.92. The molecular weight excluding hydrogens is 410 g/mol. The molecule has 0 heterocycles. The zero-order valence-corrected chi connectivity index (χ0v) is 12.5. The van der Waals surface area contributed by atoms with E-state index in [9.17, 15) is 61.5 Å². The van der Waals surface area contributed by atoms with E-state index < -0.39 is 74.6 Å². The van der Waals surface area contributed by atoms with Crippen molar-refractivity contribution in [2.24, 2.45) is 0 Å². The van der Waals surface area contributed by atoms with Gasteiger partial charge in [0.05, 0.1) is 0 Å². The van der Waals surface area contributed by atoms with Crippen LogP contribution in [0.15, 0.2) is 0 Å². The number of hydrogen-bond donors (Lipinski definition) is 0. The second kappa shape index (κ2) is 7.56. The smallest absolute Gasteiger partial charge is 0.200 e. The molecule has 0 bridgehead atoms. The zero-order valence-electron chi connectivity index (χ0n) is 12.5. The molecule has 0 spiro atoms. The summed E-state index contributed by atoms with van der Waals surface area (Å²) in [6.07, 6.45) is -20.3. The van der Waals surface area contributed by atoms with Crippen LogP contribution in [-0.4, -0.2) is 36.0 Å². The lowest BCUT2D eigenvalue weighted by atomic mass is 10.00. The Morgan fingerprint density at radius 1 is 0.346 bits per heavy atom. The van der Waals surface area contributed by atoms with Crippen LogP contribution >= 0.6 is 0 Å². The third-order valence-electron chi connectivity index (χ3n) is 3.36. The summed E-state index contributed by atoms with van der Waals surface area (Å²) in [5.41, 5.74) is 0. The fraction of sp³-hybridized carbons (Fsp3) is 1.00. The van der Waals surface area contributed by atoms with Crippen LogP contribution in [0, 0.1) is 0 Å². The lowest BCUT2D eigenvalue weighted by Gasteiger charge is -2.28. The maximum absolute atomic E-state index is 12.9. The van der Waals surface area contributed by atoms with E-state index in [4.69, 9.17) is 0 Å². The van der Waals surface area contributed by atoms with Gasteiger partial charge < -0.3 is 0 Å². The number of unbranched alkanes of at least 4 members (excludes halogenated alkanes) is 3. The summed E-state index contributed by atoms with van der Waals surface area (Å²) in [5.74, 6) is -23.6. The Morgan fingerprint density at radius 3 is 0.769 bits per heavy atom. The van der Waals surface area contributed by atoms with Crippen LogP contribution in [0.25, 0.3) is 0 Å². The summed E-state index contributed by atoms with van der Waals surface area (Å²) in [4.78, 5) is 0. The van der Waals surface area contributed by atoms with E-state index in [1.165, 1.54) is 0 Å². The van der Waals surface area contributed by atoms with Crippen molar-refractivity contribution >= 4 is 0 Å². The molecule has 0 N–H and O–H groups in total. The summed E-state index contributed by atoms with van der Waals surface area (Å²) in [6.45, 7) is 0. The first-order valence-electron chi connectivity index (χ1n) is 6.85. The maximum atomic E-state index is 12.9. The standard InChI is InChI=1S/C12H12F14/c13-7(14,9(17,18)11(21,22)23)5-3-1-2-4-6-8(15,16)10(19,20)12(24,25)26/h1-6H2. The molecule has 0 nitrogen and oxygen atoms in total. The van der Waals surface area contributed by atoms with Crippen molar-refractivity contribution in [2.75, 3.05) is 0 Å². The molecular formula is C12H12F14. The average Bonchev–Trinajstić information content (AvgIpc) is 2.39. The summed E-state index contributed by atoms with van der Waals surface area (Å²) < 4.78 is 172. The molecule has 14 heteroatoms. The average molecular weight is 422 g/mol. The molecule has 0 rings (SSSR count). The monoisotopic (exact) mass is 422 g/mol. The largest absolute Gasteiger partial charge is 0.459 e. The topological polar surface area (TPSA) is 0 Å². The van der Waals surface area contributed by atoms with E-state index in [1.807, 2.05) is 0 Å². The third-order valence-corrected chi connectivity index (χ3v) is 3.36. The van der Waals surface area contributed by atoms with Crippen LogP contribution in [0.2, 0.25) is 0 Å². The first-order chi connectivity index (χ1) is 11.2. The van der Waals surface area contributed by atoms with Crippen molar-refractivity contribution in [3.05, 3.63) is 0 Å². The van der Waals surface area contributed by atoms with Gasteiger partial charge in [-0.3, -0.25) is 0 Å². The molecule has 0 radical (unpaired) electrons. The van der Waals surface area contributed by atoms with E-state index >= 15 is 0 Å². The van der Waals surface area contributed by atoms with Gasteiger partial charge in [0.25, 0.3) is 0 Å². The molecule has 158 valence electrons. The minimum absolute atomic E-state index is 0.656. The highest BCUT2D eigenvalue weighted by Crippen LogP contribution is 2.50. The molecule has 0 fully saturated rings. The Morgan fingerprint density at radius 2 is 0.577 bits per heavy atom. The van der Waals surface area contributed by atoms with E-state index in [2.05, 4.69) is 0 Å². The van der Waals surface area contributed by atoms with Crippen molar-refractivity contribution in [1.29, 1.82) is 0 Å². The second-order valence-electron chi connectivity index (χ2n) is 5.47. The fourth-order valence-corrected chi connectivity index (χ4v) is 1.78. The first-order valence-corrected chi connectivity index (χ1v) is 6.85. The SMILES string of the molecule is FC(F)(F)C(F)(F)C(F)(F)CCCCCCC(F)(F)C(F)(F)C(F)(F)F. The minimum atomic E-state index is -6.53. The van der Waals surface area contributed by atoms with Gasteiger partial charge in [-0.15, -0.1) is 0 Å². The predicted molar refractivity (Wildman–Crippen MR) is 59.6 cm³/mol. The molecule has 0 unspecified atom stereocenters. The zero-order chi connectivity index (χ0) is 21.2. The van der Waals surface area contributed by atoms with Crippen molar-refractivity contribution in [3.63, 3.8) is 0 Å². The van der Waals surface area contributed by atoms with Gasteiger partial charge in [-0.25, -0.2) is 0 Å². The molecule has 0 aliphatic rings. The molecule has 0 aliphatic carbocycles. The van der Waals surface area contributed by atoms with Gasteiger partial charge in [-0.2, -0.15) is 61.5 Å². The summed E-state index contributed by atoms with van der Waals surface area (Å²) in [6, 6.07) is 0. The van der Waals surface area contributed by atoms with Crippen LogP contribution in [0.1, 0.15) is 38.5 Å². The Kier molecular flexibility index (Phi) is 7.28. The highest BCUT2D eigenvalue weighted by Gasteiger charge is 2.73. The molecule has 0 amide bonds.